The molecule has 1 unspecified atom stereocenters. The Morgan fingerprint density at radius 1 is 1.43 bits per heavy atom. The fourth-order valence-electron chi connectivity index (χ4n) is 1.91. The molecular formula is C12H16BrN. The molecule has 0 amide bonds. The van der Waals surface area contributed by atoms with Crippen molar-refractivity contribution in [1.29, 1.82) is 0 Å². The Labute approximate surface area is 94.0 Å². The highest BCUT2D eigenvalue weighted by molar-refractivity contribution is 9.10. The van der Waals surface area contributed by atoms with E-state index in [0.717, 1.165) is 5.92 Å². The van der Waals surface area contributed by atoms with Crippen LogP contribution in [0.2, 0.25) is 0 Å². The van der Waals surface area contributed by atoms with Crippen molar-refractivity contribution in [2.45, 2.75) is 25.8 Å². The lowest BCUT2D eigenvalue weighted by Crippen LogP contribution is -2.18. The zero-order valence-electron chi connectivity index (χ0n) is 8.68. The van der Waals surface area contributed by atoms with E-state index in [-0.39, 0.29) is 0 Å². The molecule has 0 aliphatic heterocycles. The van der Waals surface area contributed by atoms with Gasteiger partial charge in [0.1, 0.15) is 0 Å². The van der Waals surface area contributed by atoms with E-state index in [1.165, 1.54) is 28.4 Å². The molecule has 1 N–H and O–H groups in total. The number of hydrogen-bond donors (Lipinski definition) is 1. The van der Waals surface area contributed by atoms with Crippen LogP contribution < -0.4 is 5.32 Å². The number of hydrogen-bond acceptors (Lipinski definition) is 1. The second-order valence-corrected chi connectivity index (χ2v) is 4.97. The third-order valence-electron chi connectivity index (χ3n) is 2.96. The van der Waals surface area contributed by atoms with Crippen molar-refractivity contribution in [3.63, 3.8) is 0 Å². The van der Waals surface area contributed by atoms with E-state index < -0.39 is 0 Å². The second-order valence-electron chi connectivity index (χ2n) is 4.11. The molecule has 0 aromatic heterocycles. The third kappa shape index (κ3) is 2.01. The topological polar surface area (TPSA) is 12.0 Å². The zero-order valence-corrected chi connectivity index (χ0v) is 10.3. The molecule has 76 valence electrons. The Morgan fingerprint density at radius 3 is 2.64 bits per heavy atom. The molecule has 0 radical (unpaired) electrons. The lowest BCUT2D eigenvalue weighted by Gasteiger charge is -2.16. The molecule has 0 saturated heterocycles. The Hall–Kier alpha value is -0.340. The molecule has 0 spiro atoms. The van der Waals surface area contributed by atoms with E-state index in [1.54, 1.807) is 0 Å². The van der Waals surface area contributed by atoms with Gasteiger partial charge in [0.15, 0.2) is 0 Å². The molecular weight excluding hydrogens is 238 g/mol. The predicted octanol–water partition coefficient (Wildman–Crippen LogP) is 3.43. The van der Waals surface area contributed by atoms with Crippen LogP contribution in [-0.4, -0.2) is 7.05 Å². The van der Waals surface area contributed by atoms with Crippen molar-refractivity contribution in [2.75, 3.05) is 7.05 Å². The summed E-state index contributed by atoms with van der Waals surface area (Å²) >= 11 is 3.59. The fourth-order valence-corrected chi connectivity index (χ4v) is 2.30. The first-order valence-corrected chi connectivity index (χ1v) is 5.95. The number of rotatable bonds is 3. The van der Waals surface area contributed by atoms with Gasteiger partial charge in [-0.3, -0.25) is 0 Å². The molecule has 0 heterocycles. The first kappa shape index (κ1) is 10.2. The average Bonchev–Trinajstić information content (AvgIpc) is 2.96. The maximum absolute atomic E-state index is 3.59. The number of aryl methyl sites for hydroxylation is 1. The van der Waals surface area contributed by atoms with Gasteiger partial charge in [0.05, 0.1) is 0 Å². The molecule has 1 atom stereocenters. The van der Waals surface area contributed by atoms with Crippen molar-refractivity contribution in [2.24, 2.45) is 5.92 Å². The fraction of sp³-hybridized carbons (Fsp3) is 0.500. The summed E-state index contributed by atoms with van der Waals surface area (Å²) in [6.07, 6.45) is 2.74. The SMILES string of the molecule is CNC(c1ccc(C)c(Br)c1)C1CC1. The molecule has 1 aliphatic carbocycles. The van der Waals surface area contributed by atoms with Gasteiger partial charge in [-0.05, 0) is 49.9 Å². The van der Waals surface area contributed by atoms with Crippen molar-refractivity contribution in [1.82, 2.24) is 5.32 Å². The Kier molecular flexibility index (Phi) is 2.93. The molecule has 1 aromatic carbocycles. The second kappa shape index (κ2) is 4.03. The smallest absolute Gasteiger partial charge is 0.0346 e. The van der Waals surface area contributed by atoms with Crippen molar-refractivity contribution in [3.05, 3.63) is 33.8 Å². The summed E-state index contributed by atoms with van der Waals surface area (Å²) in [5.41, 5.74) is 2.71. The van der Waals surface area contributed by atoms with E-state index in [2.05, 4.69) is 53.4 Å². The molecule has 14 heavy (non-hydrogen) atoms. The van der Waals surface area contributed by atoms with Crippen molar-refractivity contribution >= 4 is 15.9 Å². The van der Waals surface area contributed by atoms with Gasteiger partial charge < -0.3 is 5.32 Å². The highest BCUT2D eigenvalue weighted by Gasteiger charge is 2.31. The van der Waals surface area contributed by atoms with Gasteiger partial charge in [-0.15, -0.1) is 0 Å². The van der Waals surface area contributed by atoms with Crippen LogP contribution >= 0.6 is 15.9 Å². The highest BCUT2D eigenvalue weighted by Crippen LogP contribution is 2.41. The van der Waals surface area contributed by atoms with Gasteiger partial charge in [-0.25, -0.2) is 0 Å². The normalized spacial score (nSPS) is 18.2. The van der Waals surface area contributed by atoms with Crippen molar-refractivity contribution < 1.29 is 0 Å². The summed E-state index contributed by atoms with van der Waals surface area (Å²) < 4.78 is 1.22. The summed E-state index contributed by atoms with van der Waals surface area (Å²) in [7, 11) is 2.05. The predicted molar refractivity (Wildman–Crippen MR) is 63.4 cm³/mol. The lowest BCUT2D eigenvalue weighted by atomic mass is 10.0. The van der Waals surface area contributed by atoms with Crippen LogP contribution in [0.1, 0.15) is 30.0 Å². The molecule has 0 bridgehead atoms. The summed E-state index contributed by atoms with van der Waals surface area (Å²) in [4.78, 5) is 0. The van der Waals surface area contributed by atoms with E-state index in [1.807, 2.05) is 0 Å². The highest BCUT2D eigenvalue weighted by atomic mass is 79.9. The minimum Gasteiger partial charge on any atom is -0.313 e. The van der Waals surface area contributed by atoms with Crippen LogP contribution in [0, 0.1) is 12.8 Å². The molecule has 1 nitrogen and oxygen atoms in total. The van der Waals surface area contributed by atoms with Crippen LogP contribution in [0.25, 0.3) is 0 Å². The van der Waals surface area contributed by atoms with Crippen LogP contribution in [-0.2, 0) is 0 Å². The summed E-state index contributed by atoms with van der Waals surface area (Å²) in [5.74, 6) is 0.856. The van der Waals surface area contributed by atoms with Gasteiger partial charge in [-0.2, -0.15) is 0 Å². The number of benzene rings is 1. The average molecular weight is 254 g/mol. The van der Waals surface area contributed by atoms with E-state index in [4.69, 9.17) is 0 Å². The van der Waals surface area contributed by atoms with Gasteiger partial charge in [0.25, 0.3) is 0 Å². The molecule has 2 rings (SSSR count). The molecule has 1 aliphatic rings. The lowest BCUT2D eigenvalue weighted by molar-refractivity contribution is 0.528. The maximum atomic E-state index is 3.59. The maximum Gasteiger partial charge on any atom is 0.0346 e. The Bertz CT molecular complexity index is 331. The molecule has 2 heteroatoms. The van der Waals surface area contributed by atoms with Gasteiger partial charge in [-0.1, -0.05) is 28.1 Å². The standard InChI is InChI=1S/C12H16BrN/c1-8-3-4-10(7-11(8)13)12(14-2)9-5-6-9/h3-4,7,9,12,14H,5-6H2,1-2H3. The number of nitrogens with one attached hydrogen (secondary N) is 1. The summed E-state index contributed by atoms with van der Waals surface area (Å²) in [5, 5.41) is 3.41. The van der Waals surface area contributed by atoms with Crippen LogP contribution in [0.5, 0.6) is 0 Å². The zero-order chi connectivity index (χ0) is 10.1. The Balaban J connectivity index is 2.25. The first-order valence-electron chi connectivity index (χ1n) is 5.15. The third-order valence-corrected chi connectivity index (χ3v) is 3.81. The quantitative estimate of drug-likeness (QED) is 0.871. The molecule has 1 aromatic rings. The van der Waals surface area contributed by atoms with Crippen LogP contribution in [0.4, 0.5) is 0 Å². The minimum atomic E-state index is 0.548. The van der Waals surface area contributed by atoms with Gasteiger partial charge in [0, 0.05) is 10.5 Å². The molecule has 1 fully saturated rings. The monoisotopic (exact) mass is 253 g/mol. The molecule has 1 saturated carbocycles. The van der Waals surface area contributed by atoms with Crippen LogP contribution in [0.3, 0.4) is 0 Å². The summed E-state index contributed by atoms with van der Waals surface area (Å²) in [6.45, 7) is 2.12. The summed E-state index contributed by atoms with van der Waals surface area (Å²) in [6, 6.07) is 7.22. The largest absolute Gasteiger partial charge is 0.313 e. The van der Waals surface area contributed by atoms with Crippen molar-refractivity contribution in [3.8, 4) is 0 Å². The van der Waals surface area contributed by atoms with E-state index in [0.29, 0.717) is 6.04 Å². The minimum absolute atomic E-state index is 0.548. The first-order chi connectivity index (χ1) is 6.72. The van der Waals surface area contributed by atoms with Gasteiger partial charge in [0.2, 0.25) is 0 Å². The van der Waals surface area contributed by atoms with Crippen LogP contribution in [0.15, 0.2) is 22.7 Å². The number of halogens is 1. The Morgan fingerprint density at radius 2 is 2.14 bits per heavy atom. The van der Waals surface area contributed by atoms with E-state index >= 15 is 0 Å². The van der Waals surface area contributed by atoms with E-state index in [9.17, 15) is 0 Å². The van der Waals surface area contributed by atoms with Gasteiger partial charge >= 0.3 is 0 Å².